The molecule has 0 atom stereocenters. The topological polar surface area (TPSA) is 69.3 Å². The summed E-state index contributed by atoms with van der Waals surface area (Å²) in [5.74, 6) is 0.683. The zero-order valence-corrected chi connectivity index (χ0v) is 14.2. The molecule has 1 fully saturated rings. The maximum absolute atomic E-state index is 12.7. The zero-order valence-electron chi connectivity index (χ0n) is 13.4. The molecule has 0 unspecified atom stereocenters. The number of piperazine rings is 1. The summed E-state index contributed by atoms with van der Waals surface area (Å²) in [6.45, 7) is 11.7. The molecule has 6 nitrogen and oxygen atoms in total. The van der Waals surface area contributed by atoms with E-state index in [4.69, 9.17) is 0 Å². The number of hydrogen-bond acceptors (Lipinski definition) is 4. The first-order valence-electron chi connectivity index (χ1n) is 7.56. The number of aromatic nitrogens is 2. The Morgan fingerprint density at radius 1 is 1.19 bits per heavy atom. The average molecular weight is 314 g/mol. The number of sulfonamides is 1. The summed E-state index contributed by atoms with van der Waals surface area (Å²) >= 11 is 0. The maximum atomic E-state index is 12.7. The van der Waals surface area contributed by atoms with E-state index in [-0.39, 0.29) is 0 Å². The van der Waals surface area contributed by atoms with Gasteiger partial charge in [-0.1, -0.05) is 13.8 Å². The van der Waals surface area contributed by atoms with Gasteiger partial charge in [0.25, 0.3) is 0 Å². The summed E-state index contributed by atoms with van der Waals surface area (Å²) in [4.78, 5) is 2.69. The van der Waals surface area contributed by atoms with E-state index in [1.54, 1.807) is 18.2 Å². The van der Waals surface area contributed by atoms with Crippen molar-refractivity contribution < 1.29 is 8.42 Å². The van der Waals surface area contributed by atoms with Crippen LogP contribution in [0.25, 0.3) is 0 Å². The van der Waals surface area contributed by atoms with Crippen molar-refractivity contribution in [3.63, 3.8) is 0 Å². The Morgan fingerprint density at radius 3 is 2.29 bits per heavy atom. The number of rotatable bonds is 5. The molecule has 7 heteroatoms. The zero-order chi connectivity index (χ0) is 15.6. The van der Waals surface area contributed by atoms with Gasteiger partial charge in [-0.05, 0) is 32.7 Å². The highest BCUT2D eigenvalue weighted by molar-refractivity contribution is 7.89. The van der Waals surface area contributed by atoms with Gasteiger partial charge in [-0.25, -0.2) is 8.42 Å². The third-order valence-electron chi connectivity index (χ3n) is 4.01. The van der Waals surface area contributed by atoms with Crippen molar-refractivity contribution >= 4 is 10.0 Å². The normalized spacial score (nSPS) is 18.5. The second-order valence-electron chi connectivity index (χ2n) is 6.19. The predicted octanol–water partition coefficient (Wildman–Crippen LogP) is 1.38. The lowest BCUT2D eigenvalue weighted by Gasteiger charge is -2.34. The van der Waals surface area contributed by atoms with E-state index in [2.05, 4.69) is 28.9 Å². The summed E-state index contributed by atoms with van der Waals surface area (Å²) in [7, 11) is -3.42. The molecule has 0 radical (unpaired) electrons. The summed E-state index contributed by atoms with van der Waals surface area (Å²) in [5, 5.41) is 6.76. The second kappa shape index (κ2) is 6.46. The highest BCUT2D eigenvalue weighted by atomic mass is 32.2. The largest absolute Gasteiger partial charge is 0.301 e. The highest BCUT2D eigenvalue weighted by Crippen LogP contribution is 2.22. The Morgan fingerprint density at radius 2 is 1.81 bits per heavy atom. The van der Waals surface area contributed by atoms with Crippen molar-refractivity contribution in [1.29, 1.82) is 0 Å². The lowest BCUT2D eigenvalue weighted by Crippen LogP contribution is -2.49. The number of aromatic amines is 1. The number of nitrogens with zero attached hydrogens (tertiary/aromatic N) is 3. The summed E-state index contributed by atoms with van der Waals surface area (Å²) in [5.41, 5.74) is 1.17. The summed E-state index contributed by atoms with van der Waals surface area (Å²) in [6.07, 6.45) is 1.16. The monoisotopic (exact) mass is 314 g/mol. The van der Waals surface area contributed by atoms with Crippen LogP contribution in [0.3, 0.4) is 0 Å². The molecule has 2 heterocycles. The summed E-state index contributed by atoms with van der Waals surface area (Å²) in [6, 6.07) is 0. The fourth-order valence-corrected chi connectivity index (χ4v) is 4.44. The third kappa shape index (κ3) is 3.64. The van der Waals surface area contributed by atoms with E-state index in [0.717, 1.165) is 26.1 Å². The van der Waals surface area contributed by atoms with Crippen LogP contribution in [0.4, 0.5) is 0 Å². The standard InChI is InChI=1S/C14H26N4O2S/c1-11(2)5-6-17-7-9-18(10-8-17)21(19,20)14-12(3)15-16-13(14)4/h11H,5-10H2,1-4H3,(H,15,16). The maximum Gasteiger partial charge on any atom is 0.246 e. The summed E-state index contributed by atoms with van der Waals surface area (Å²) < 4.78 is 27.0. The van der Waals surface area contributed by atoms with Crippen molar-refractivity contribution in [3.8, 4) is 0 Å². The number of aryl methyl sites for hydroxylation is 2. The van der Waals surface area contributed by atoms with Crippen molar-refractivity contribution in [2.45, 2.75) is 39.0 Å². The second-order valence-corrected chi connectivity index (χ2v) is 8.07. The van der Waals surface area contributed by atoms with E-state index in [1.165, 1.54) is 0 Å². The van der Waals surface area contributed by atoms with Gasteiger partial charge in [0.1, 0.15) is 4.90 Å². The Balaban J connectivity index is 2.02. The van der Waals surface area contributed by atoms with Crippen LogP contribution in [0.15, 0.2) is 4.90 Å². The minimum Gasteiger partial charge on any atom is -0.301 e. The molecule has 0 saturated carbocycles. The molecule has 1 aromatic heterocycles. The quantitative estimate of drug-likeness (QED) is 0.891. The van der Waals surface area contributed by atoms with E-state index < -0.39 is 10.0 Å². The van der Waals surface area contributed by atoms with Gasteiger partial charge in [-0.3, -0.25) is 5.10 Å². The molecule has 0 spiro atoms. The molecule has 1 aliphatic heterocycles. The fraction of sp³-hybridized carbons (Fsp3) is 0.786. The smallest absolute Gasteiger partial charge is 0.246 e. The first-order valence-corrected chi connectivity index (χ1v) is 9.00. The molecule has 1 saturated heterocycles. The predicted molar refractivity (Wildman–Crippen MR) is 82.7 cm³/mol. The molecule has 2 rings (SSSR count). The number of hydrogen-bond donors (Lipinski definition) is 1. The Kier molecular flexibility index (Phi) is 5.06. The van der Waals surface area contributed by atoms with E-state index in [1.807, 2.05) is 0 Å². The van der Waals surface area contributed by atoms with Crippen molar-refractivity contribution in [2.24, 2.45) is 5.92 Å². The van der Waals surface area contributed by atoms with Crippen LogP contribution in [0.5, 0.6) is 0 Å². The van der Waals surface area contributed by atoms with Crippen LogP contribution in [0, 0.1) is 19.8 Å². The molecule has 1 aliphatic rings. The van der Waals surface area contributed by atoms with Gasteiger partial charge in [-0.2, -0.15) is 9.40 Å². The van der Waals surface area contributed by atoms with Gasteiger partial charge in [0, 0.05) is 26.2 Å². The fourth-order valence-electron chi connectivity index (χ4n) is 2.68. The van der Waals surface area contributed by atoms with Gasteiger partial charge >= 0.3 is 0 Å². The van der Waals surface area contributed by atoms with Gasteiger partial charge in [0.05, 0.1) is 11.4 Å². The SMILES string of the molecule is Cc1n[nH]c(C)c1S(=O)(=O)N1CCN(CCC(C)C)CC1. The van der Waals surface area contributed by atoms with E-state index in [0.29, 0.717) is 35.3 Å². The van der Waals surface area contributed by atoms with Crippen molar-refractivity contribution in [2.75, 3.05) is 32.7 Å². The van der Waals surface area contributed by atoms with Gasteiger partial charge in [-0.15, -0.1) is 0 Å². The molecule has 0 amide bonds. The molecule has 1 N–H and O–H groups in total. The van der Waals surface area contributed by atoms with Crippen LogP contribution in [0.1, 0.15) is 31.7 Å². The molecule has 1 aromatic rings. The molecule has 0 bridgehead atoms. The Hall–Kier alpha value is -0.920. The van der Waals surface area contributed by atoms with Crippen molar-refractivity contribution in [3.05, 3.63) is 11.4 Å². The number of H-pyrrole nitrogens is 1. The minimum atomic E-state index is -3.42. The average Bonchev–Trinajstić information content (AvgIpc) is 2.77. The van der Waals surface area contributed by atoms with Gasteiger partial charge in [0.2, 0.25) is 10.0 Å². The van der Waals surface area contributed by atoms with Crippen LogP contribution < -0.4 is 0 Å². The molecule has 120 valence electrons. The number of nitrogens with one attached hydrogen (secondary N) is 1. The van der Waals surface area contributed by atoms with E-state index >= 15 is 0 Å². The van der Waals surface area contributed by atoms with Crippen LogP contribution >= 0.6 is 0 Å². The highest BCUT2D eigenvalue weighted by Gasteiger charge is 2.32. The van der Waals surface area contributed by atoms with Crippen molar-refractivity contribution in [1.82, 2.24) is 19.4 Å². The molecular weight excluding hydrogens is 288 g/mol. The molecule has 0 aliphatic carbocycles. The first-order chi connectivity index (χ1) is 9.82. The first kappa shape index (κ1) is 16.5. The molecule has 0 aromatic carbocycles. The molecule has 21 heavy (non-hydrogen) atoms. The van der Waals surface area contributed by atoms with Crippen LogP contribution in [0.2, 0.25) is 0 Å². The Labute approximate surface area is 127 Å². The Bertz CT molecular complexity index is 552. The van der Waals surface area contributed by atoms with Gasteiger partial charge in [0.15, 0.2) is 0 Å². The van der Waals surface area contributed by atoms with Crippen LogP contribution in [-0.2, 0) is 10.0 Å². The lowest BCUT2D eigenvalue weighted by atomic mass is 10.1. The van der Waals surface area contributed by atoms with Crippen LogP contribution in [-0.4, -0.2) is 60.5 Å². The minimum absolute atomic E-state index is 0.345. The lowest BCUT2D eigenvalue weighted by molar-refractivity contribution is 0.180. The third-order valence-corrected chi connectivity index (χ3v) is 6.17. The molecular formula is C14H26N4O2S. The van der Waals surface area contributed by atoms with Gasteiger partial charge < -0.3 is 4.90 Å². The van der Waals surface area contributed by atoms with E-state index in [9.17, 15) is 8.42 Å².